The zero-order valence-electron chi connectivity index (χ0n) is 14.0. The lowest BCUT2D eigenvalue weighted by atomic mass is 10.0. The molecule has 3 rings (SSSR count). The van der Waals surface area contributed by atoms with E-state index >= 15 is 0 Å². The summed E-state index contributed by atoms with van der Waals surface area (Å²) in [7, 11) is 0. The number of amides is 1. The van der Waals surface area contributed by atoms with Crippen LogP contribution in [0.1, 0.15) is 33.7 Å². The van der Waals surface area contributed by atoms with Gasteiger partial charge in [0.1, 0.15) is 5.82 Å². The Labute approximate surface area is 140 Å². The van der Waals surface area contributed by atoms with E-state index < -0.39 is 0 Å². The maximum atomic E-state index is 14.0. The topological polar surface area (TPSA) is 58.4 Å². The molecule has 1 aromatic carbocycles. The molecule has 128 valence electrons. The Bertz CT molecular complexity index is 715. The Morgan fingerprint density at radius 3 is 3.04 bits per heavy atom. The van der Waals surface area contributed by atoms with Crippen molar-refractivity contribution in [1.29, 1.82) is 0 Å². The van der Waals surface area contributed by atoms with E-state index in [4.69, 9.17) is 4.42 Å². The molecule has 1 unspecified atom stereocenters. The molecule has 6 heteroatoms. The second-order valence-electron chi connectivity index (χ2n) is 6.45. The highest BCUT2D eigenvalue weighted by Gasteiger charge is 2.24. The number of aryl methyl sites for hydroxylation is 1. The van der Waals surface area contributed by atoms with Crippen molar-refractivity contribution in [3.63, 3.8) is 0 Å². The van der Waals surface area contributed by atoms with Crippen LogP contribution in [0.4, 0.5) is 4.39 Å². The van der Waals surface area contributed by atoms with Gasteiger partial charge in [0.25, 0.3) is 5.91 Å². The standard InChI is InChI=1S/C18H22FN3O2/c1-12-3-4-15(13(2)17(12)19)10-22-6-5-14(9-22)7-21-18(23)16-8-20-11-24-16/h3-4,8,11,14H,5-7,9-10H2,1-2H3,(H,21,23). The minimum Gasteiger partial charge on any atom is -0.438 e. The number of rotatable bonds is 5. The molecule has 0 bridgehead atoms. The molecule has 0 saturated carbocycles. The summed E-state index contributed by atoms with van der Waals surface area (Å²) in [6, 6.07) is 3.84. The van der Waals surface area contributed by atoms with Gasteiger partial charge in [-0.3, -0.25) is 9.69 Å². The first-order chi connectivity index (χ1) is 11.5. The van der Waals surface area contributed by atoms with Gasteiger partial charge in [0, 0.05) is 19.6 Å². The highest BCUT2D eigenvalue weighted by Crippen LogP contribution is 2.22. The maximum absolute atomic E-state index is 14.0. The van der Waals surface area contributed by atoms with Crippen LogP contribution in [0.5, 0.6) is 0 Å². The number of hydrogen-bond donors (Lipinski definition) is 1. The number of aromatic nitrogens is 1. The molecule has 1 fully saturated rings. The lowest BCUT2D eigenvalue weighted by Crippen LogP contribution is -2.30. The number of carbonyl (C=O) groups is 1. The Balaban J connectivity index is 1.51. The molecular weight excluding hydrogens is 309 g/mol. The van der Waals surface area contributed by atoms with Crippen LogP contribution in [0.25, 0.3) is 0 Å². The first-order valence-corrected chi connectivity index (χ1v) is 8.18. The number of nitrogens with zero attached hydrogens (tertiary/aromatic N) is 2. The van der Waals surface area contributed by atoms with Gasteiger partial charge in [-0.2, -0.15) is 0 Å². The molecule has 1 aliphatic rings. The summed E-state index contributed by atoms with van der Waals surface area (Å²) in [6.07, 6.45) is 3.67. The van der Waals surface area contributed by atoms with Crippen LogP contribution in [0.2, 0.25) is 0 Å². The van der Waals surface area contributed by atoms with Crippen molar-refractivity contribution in [2.24, 2.45) is 5.92 Å². The average Bonchev–Trinajstić information content (AvgIpc) is 3.25. The number of halogens is 1. The normalized spacial score (nSPS) is 18.0. The molecule has 24 heavy (non-hydrogen) atoms. The number of hydrogen-bond acceptors (Lipinski definition) is 4. The van der Waals surface area contributed by atoms with Crippen molar-refractivity contribution >= 4 is 5.91 Å². The third-order valence-corrected chi connectivity index (χ3v) is 4.66. The van der Waals surface area contributed by atoms with E-state index in [1.54, 1.807) is 6.92 Å². The van der Waals surface area contributed by atoms with Crippen LogP contribution in [-0.2, 0) is 6.54 Å². The van der Waals surface area contributed by atoms with Crippen LogP contribution in [-0.4, -0.2) is 35.4 Å². The molecule has 2 aromatic rings. The van der Waals surface area contributed by atoms with Crippen molar-refractivity contribution in [2.75, 3.05) is 19.6 Å². The Kier molecular flexibility index (Phi) is 4.94. The number of nitrogens with one attached hydrogen (secondary N) is 1. The smallest absolute Gasteiger partial charge is 0.288 e. The summed E-state index contributed by atoms with van der Waals surface area (Å²) in [4.78, 5) is 17.9. The fourth-order valence-corrected chi connectivity index (χ4v) is 3.15. The zero-order valence-corrected chi connectivity index (χ0v) is 14.0. The molecule has 5 nitrogen and oxygen atoms in total. The van der Waals surface area contributed by atoms with E-state index in [1.165, 1.54) is 12.6 Å². The predicted molar refractivity (Wildman–Crippen MR) is 88.1 cm³/mol. The molecule has 0 aliphatic carbocycles. The van der Waals surface area contributed by atoms with E-state index in [2.05, 4.69) is 15.2 Å². The van der Waals surface area contributed by atoms with Crippen LogP contribution in [0, 0.1) is 25.6 Å². The Morgan fingerprint density at radius 2 is 2.29 bits per heavy atom. The van der Waals surface area contributed by atoms with Gasteiger partial charge in [-0.15, -0.1) is 0 Å². The second-order valence-corrected chi connectivity index (χ2v) is 6.45. The summed E-state index contributed by atoms with van der Waals surface area (Å²) in [5.41, 5.74) is 2.45. The second kappa shape index (κ2) is 7.13. The Morgan fingerprint density at radius 1 is 1.46 bits per heavy atom. The molecule has 1 saturated heterocycles. The van der Waals surface area contributed by atoms with Crippen molar-refractivity contribution in [1.82, 2.24) is 15.2 Å². The van der Waals surface area contributed by atoms with Gasteiger partial charge in [0.05, 0.1) is 6.20 Å². The minimum absolute atomic E-state index is 0.109. The van der Waals surface area contributed by atoms with Crippen LogP contribution in [0.3, 0.4) is 0 Å². The molecule has 1 amide bonds. The fourth-order valence-electron chi connectivity index (χ4n) is 3.15. The molecule has 1 atom stereocenters. The summed E-state index contributed by atoms with van der Waals surface area (Å²) in [6.45, 7) is 6.83. The number of benzene rings is 1. The molecule has 0 spiro atoms. The fraction of sp³-hybridized carbons (Fsp3) is 0.444. The van der Waals surface area contributed by atoms with E-state index in [0.717, 1.165) is 37.2 Å². The predicted octanol–water partition coefficient (Wildman–Crippen LogP) is 2.68. The molecule has 1 N–H and O–H groups in total. The van der Waals surface area contributed by atoms with E-state index in [1.807, 2.05) is 19.1 Å². The maximum Gasteiger partial charge on any atom is 0.288 e. The van der Waals surface area contributed by atoms with Crippen molar-refractivity contribution in [3.8, 4) is 0 Å². The van der Waals surface area contributed by atoms with Crippen LogP contribution >= 0.6 is 0 Å². The Hall–Kier alpha value is -2.21. The zero-order chi connectivity index (χ0) is 17.1. The molecular formula is C18H22FN3O2. The van der Waals surface area contributed by atoms with Gasteiger partial charge in [-0.25, -0.2) is 9.37 Å². The number of likely N-dealkylation sites (tertiary alicyclic amines) is 1. The summed E-state index contributed by atoms with van der Waals surface area (Å²) in [5, 5.41) is 2.88. The first kappa shape index (κ1) is 16.6. The molecule has 1 aliphatic heterocycles. The third-order valence-electron chi connectivity index (χ3n) is 4.66. The van der Waals surface area contributed by atoms with Crippen LogP contribution < -0.4 is 5.32 Å². The summed E-state index contributed by atoms with van der Waals surface area (Å²) < 4.78 is 19.0. The van der Waals surface area contributed by atoms with Gasteiger partial charge in [-0.05, 0) is 49.4 Å². The lowest BCUT2D eigenvalue weighted by Gasteiger charge is -2.18. The monoisotopic (exact) mass is 331 g/mol. The van der Waals surface area contributed by atoms with Gasteiger partial charge in [0.15, 0.2) is 6.39 Å². The van der Waals surface area contributed by atoms with Gasteiger partial charge in [-0.1, -0.05) is 12.1 Å². The molecule has 0 radical (unpaired) electrons. The van der Waals surface area contributed by atoms with Crippen molar-refractivity contribution < 1.29 is 13.6 Å². The molecule has 2 heterocycles. The number of carbonyl (C=O) groups excluding carboxylic acids is 1. The van der Waals surface area contributed by atoms with Crippen molar-refractivity contribution in [3.05, 3.63) is 53.0 Å². The quantitative estimate of drug-likeness (QED) is 0.915. The highest BCUT2D eigenvalue weighted by atomic mass is 19.1. The highest BCUT2D eigenvalue weighted by molar-refractivity contribution is 5.90. The minimum atomic E-state index is -0.234. The van der Waals surface area contributed by atoms with Gasteiger partial charge in [0.2, 0.25) is 5.76 Å². The van der Waals surface area contributed by atoms with Crippen molar-refractivity contribution in [2.45, 2.75) is 26.8 Å². The molecule has 1 aromatic heterocycles. The SMILES string of the molecule is Cc1ccc(CN2CCC(CNC(=O)c3cnco3)C2)c(C)c1F. The average molecular weight is 331 g/mol. The summed E-state index contributed by atoms with van der Waals surface area (Å²) in [5.74, 6) is 0.285. The third kappa shape index (κ3) is 3.64. The summed E-state index contributed by atoms with van der Waals surface area (Å²) >= 11 is 0. The van der Waals surface area contributed by atoms with Gasteiger partial charge < -0.3 is 9.73 Å². The van der Waals surface area contributed by atoms with E-state index in [0.29, 0.717) is 18.0 Å². The number of oxazole rings is 1. The van der Waals surface area contributed by atoms with Crippen LogP contribution in [0.15, 0.2) is 29.1 Å². The van der Waals surface area contributed by atoms with E-state index in [-0.39, 0.29) is 17.5 Å². The van der Waals surface area contributed by atoms with Gasteiger partial charge >= 0.3 is 0 Å². The lowest BCUT2D eigenvalue weighted by molar-refractivity contribution is 0.0919. The first-order valence-electron chi connectivity index (χ1n) is 8.18. The van der Waals surface area contributed by atoms with E-state index in [9.17, 15) is 9.18 Å². The largest absolute Gasteiger partial charge is 0.438 e.